The number of aromatic nitrogens is 2. The Labute approximate surface area is 99.1 Å². The molecule has 0 spiro atoms. The van der Waals surface area contributed by atoms with Gasteiger partial charge in [0.15, 0.2) is 0 Å². The number of H-pyrrole nitrogens is 1. The monoisotopic (exact) mass is 223 g/mol. The van der Waals surface area contributed by atoms with Gasteiger partial charge in [-0.15, -0.1) is 0 Å². The highest BCUT2D eigenvalue weighted by molar-refractivity contribution is 5.83. The van der Waals surface area contributed by atoms with Crippen LogP contribution in [0.4, 0.5) is 0 Å². The normalized spacial score (nSPS) is 10.6. The minimum atomic E-state index is 0.514. The van der Waals surface area contributed by atoms with E-state index in [2.05, 4.69) is 16.2 Å². The summed E-state index contributed by atoms with van der Waals surface area (Å²) < 4.78 is 5.69. The second-order valence-corrected chi connectivity index (χ2v) is 3.77. The van der Waals surface area contributed by atoms with Crippen molar-refractivity contribution in [2.45, 2.75) is 6.61 Å². The van der Waals surface area contributed by atoms with Gasteiger partial charge in [-0.05, 0) is 17.7 Å². The third-order valence-corrected chi connectivity index (χ3v) is 2.60. The first-order valence-electron chi connectivity index (χ1n) is 5.44. The van der Waals surface area contributed by atoms with Crippen molar-refractivity contribution < 1.29 is 4.74 Å². The molecule has 0 aliphatic rings. The zero-order valence-electron chi connectivity index (χ0n) is 9.18. The Morgan fingerprint density at radius 1 is 1.18 bits per heavy atom. The van der Waals surface area contributed by atoms with Crippen LogP contribution in [-0.4, -0.2) is 9.97 Å². The van der Waals surface area contributed by atoms with Gasteiger partial charge in [0, 0.05) is 11.6 Å². The van der Waals surface area contributed by atoms with Crippen LogP contribution in [-0.2, 0) is 6.61 Å². The average molecular weight is 223 g/mol. The van der Waals surface area contributed by atoms with Crippen LogP contribution in [0, 0.1) is 6.20 Å². The Morgan fingerprint density at radius 2 is 2.06 bits per heavy atom. The number of fused-ring (bicyclic) bond motifs is 1. The lowest BCUT2D eigenvalue weighted by Crippen LogP contribution is -1.97. The smallest absolute Gasteiger partial charge is 0.239 e. The van der Waals surface area contributed by atoms with E-state index in [0.29, 0.717) is 12.5 Å². The molecule has 2 heterocycles. The van der Waals surface area contributed by atoms with Crippen molar-refractivity contribution in [1.29, 1.82) is 0 Å². The van der Waals surface area contributed by atoms with E-state index in [1.54, 1.807) is 0 Å². The second kappa shape index (κ2) is 4.29. The minimum absolute atomic E-state index is 0.514. The third-order valence-electron chi connectivity index (χ3n) is 2.60. The summed E-state index contributed by atoms with van der Waals surface area (Å²) in [6.45, 7) is 0.514. The Bertz CT molecular complexity index is 616. The number of pyridine rings is 1. The molecule has 0 amide bonds. The van der Waals surface area contributed by atoms with E-state index in [1.807, 2.05) is 48.7 Å². The molecule has 1 radical (unpaired) electrons. The highest BCUT2D eigenvalue weighted by Crippen LogP contribution is 2.21. The van der Waals surface area contributed by atoms with Crippen LogP contribution in [0.15, 0.2) is 48.7 Å². The largest absolute Gasteiger partial charge is 0.471 e. The maximum atomic E-state index is 5.69. The number of nitrogens with one attached hydrogen (secondary N) is 1. The van der Waals surface area contributed by atoms with Gasteiger partial charge in [0.1, 0.15) is 12.1 Å². The van der Waals surface area contributed by atoms with Crippen LogP contribution < -0.4 is 4.74 Å². The second-order valence-electron chi connectivity index (χ2n) is 3.77. The van der Waals surface area contributed by atoms with Crippen molar-refractivity contribution >= 4 is 10.9 Å². The van der Waals surface area contributed by atoms with Crippen molar-refractivity contribution in [3.05, 3.63) is 60.4 Å². The summed E-state index contributed by atoms with van der Waals surface area (Å²) in [6, 6.07) is 13.8. The van der Waals surface area contributed by atoms with Gasteiger partial charge in [0.05, 0.1) is 6.20 Å². The Balaban J connectivity index is 1.84. The molecule has 3 nitrogen and oxygen atoms in total. The molecule has 17 heavy (non-hydrogen) atoms. The fourth-order valence-corrected chi connectivity index (χ4v) is 1.73. The number of ether oxygens (including phenoxy) is 1. The van der Waals surface area contributed by atoms with E-state index in [0.717, 1.165) is 16.5 Å². The molecule has 1 aromatic carbocycles. The van der Waals surface area contributed by atoms with Crippen molar-refractivity contribution in [1.82, 2.24) is 9.97 Å². The molecule has 0 unspecified atom stereocenters. The highest BCUT2D eigenvalue weighted by atomic mass is 16.5. The molecule has 0 aliphatic carbocycles. The molecular formula is C14H11N2O. The fourth-order valence-electron chi connectivity index (χ4n) is 1.73. The van der Waals surface area contributed by atoms with Gasteiger partial charge in [0.2, 0.25) is 5.88 Å². The molecule has 0 fully saturated rings. The van der Waals surface area contributed by atoms with Crippen LogP contribution in [0.5, 0.6) is 5.88 Å². The predicted molar refractivity (Wildman–Crippen MR) is 65.7 cm³/mol. The molecule has 0 atom stereocenters. The summed E-state index contributed by atoms with van der Waals surface area (Å²) >= 11 is 0. The Kier molecular flexibility index (Phi) is 2.50. The lowest BCUT2D eigenvalue weighted by Gasteiger charge is -2.05. The lowest BCUT2D eigenvalue weighted by atomic mass is 10.2. The summed E-state index contributed by atoms with van der Waals surface area (Å²) in [5.41, 5.74) is 2.04. The van der Waals surface area contributed by atoms with Crippen LogP contribution in [0.2, 0.25) is 0 Å². The zero-order chi connectivity index (χ0) is 11.5. The van der Waals surface area contributed by atoms with E-state index in [1.165, 1.54) is 0 Å². The summed E-state index contributed by atoms with van der Waals surface area (Å²) in [5.74, 6) is 0.594. The van der Waals surface area contributed by atoms with Crippen LogP contribution >= 0.6 is 0 Å². The number of nitrogens with zero attached hydrogens (tertiary/aromatic N) is 1. The van der Waals surface area contributed by atoms with E-state index in [4.69, 9.17) is 4.74 Å². The maximum Gasteiger partial charge on any atom is 0.239 e. The molecule has 83 valence electrons. The summed E-state index contributed by atoms with van der Waals surface area (Å²) in [4.78, 5) is 7.23. The molecule has 3 rings (SSSR count). The van der Waals surface area contributed by atoms with Crippen molar-refractivity contribution in [2.24, 2.45) is 0 Å². The van der Waals surface area contributed by atoms with Crippen LogP contribution in [0.1, 0.15) is 5.56 Å². The zero-order valence-corrected chi connectivity index (χ0v) is 9.18. The van der Waals surface area contributed by atoms with Crippen LogP contribution in [0.3, 0.4) is 0 Å². The standard InChI is InChI=1S/C14H11N2O/c1-2-4-11(5-3-1)10-17-14-13-12(6-8-15-13)7-9-16-14/h1-8,15H,10H2. The van der Waals surface area contributed by atoms with Gasteiger partial charge in [-0.1, -0.05) is 30.3 Å². The molecule has 3 heteroatoms. The first-order valence-corrected chi connectivity index (χ1v) is 5.44. The van der Waals surface area contributed by atoms with E-state index in [-0.39, 0.29) is 0 Å². The lowest BCUT2D eigenvalue weighted by molar-refractivity contribution is 0.297. The number of hydrogen-bond donors (Lipinski definition) is 1. The van der Waals surface area contributed by atoms with Gasteiger partial charge in [-0.25, -0.2) is 4.98 Å². The first-order chi connectivity index (χ1) is 8.43. The molecule has 0 bridgehead atoms. The molecule has 2 aromatic heterocycles. The van der Waals surface area contributed by atoms with Gasteiger partial charge in [0.25, 0.3) is 0 Å². The molecule has 0 aliphatic heterocycles. The van der Waals surface area contributed by atoms with Crippen molar-refractivity contribution in [3.8, 4) is 5.88 Å². The summed E-state index contributed by atoms with van der Waals surface area (Å²) in [6.07, 6.45) is 4.70. The summed E-state index contributed by atoms with van der Waals surface area (Å²) in [7, 11) is 0. The number of hydrogen-bond acceptors (Lipinski definition) is 2. The number of aromatic amines is 1. The molecule has 0 saturated carbocycles. The van der Waals surface area contributed by atoms with Gasteiger partial charge in [-0.3, -0.25) is 0 Å². The number of benzene rings is 1. The summed E-state index contributed by atoms with van der Waals surface area (Å²) in [5, 5.41) is 1.06. The first kappa shape index (κ1) is 9.90. The highest BCUT2D eigenvalue weighted by Gasteiger charge is 2.04. The van der Waals surface area contributed by atoms with E-state index >= 15 is 0 Å². The quantitative estimate of drug-likeness (QED) is 0.741. The molecule has 1 N–H and O–H groups in total. The number of rotatable bonds is 3. The third kappa shape index (κ3) is 1.99. The average Bonchev–Trinajstić information content (AvgIpc) is 2.86. The van der Waals surface area contributed by atoms with Crippen molar-refractivity contribution in [2.75, 3.05) is 0 Å². The van der Waals surface area contributed by atoms with Crippen molar-refractivity contribution in [3.63, 3.8) is 0 Å². The van der Waals surface area contributed by atoms with Gasteiger partial charge < -0.3 is 9.72 Å². The SMILES string of the molecule is [c]1cc2cc[nH]c2c(OCc2ccccc2)n1. The predicted octanol–water partition coefficient (Wildman–Crippen LogP) is 2.94. The molecular weight excluding hydrogens is 212 g/mol. The van der Waals surface area contributed by atoms with Crippen LogP contribution in [0.25, 0.3) is 10.9 Å². The fraction of sp³-hybridized carbons (Fsp3) is 0.0714. The topological polar surface area (TPSA) is 37.9 Å². The van der Waals surface area contributed by atoms with E-state index in [9.17, 15) is 0 Å². The van der Waals surface area contributed by atoms with Gasteiger partial charge >= 0.3 is 0 Å². The maximum absolute atomic E-state index is 5.69. The molecule has 3 aromatic rings. The van der Waals surface area contributed by atoms with E-state index < -0.39 is 0 Å². The Hall–Kier alpha value is -2.29. The van der Waals surface area contributed by atoms with Gasteiger partial charge in [-0.2, -0.15) is 0 Å². The minimum Gasteiger partial charge on any atom is -0.471 e. The molecule has 0 saturated heterocycles. The Morgan fingerprint density at radius 3 is 2.94 bits per heavy atom.